The molecule has 0 bridgehead atoms. The molecule has 1 aromatic heterocycles. The zero-order chi connectivity index (χ0) is 18.2. The standard InChI is InChI=1S/C19H24N4O3/c1-25-11-8-20-19(24)17-7-6-15(14-21-17)22-16-4-2-3-5-18(16)23-9-12-26-13-10-23/h2-7,14,22H,8-13H2,1H3,(H,20,24). The van der Waals surface area contributed by atoms with Crippen LogP contribution in [-0.2, 0) is 9.47 Å². The molecule has 0 unspecified atom stereocenters. The molecule has 0 spiro atoms. The number of anilines is 3. The Morgan fingerprint density at radius 2 is 2.04 bits per heavy atom. The molecule has 2 heterocycles. The lowest BCUT2D eigenvalue weighted by Crippen LogP contribution is -2.36. The summed E-state index contributed by atoms with van der Waals surface area (Å²) in [6.07, 6.45) is 1.67. The number of amides is 1. The third-order valence-corrected chi connectivity index (χ3v) is 4.12. The van der Waals surface area contributed by atoms with E-state index < -0.39 is 0 Å². The largest absolute Gasteiger partial charge is 0.383 e. The van der Waals surface area contributed by atoms with Crippen LogP contribution in [0.2, 0.25) is 0 Å². The lowest BCUT2D eigenvalue weighted by atomic mass is 10.2. The van der Waals surface area contributed by atoms with Crippen LogP contribution in [0, 0.1) is 0 Å². The van der Waals surface area contributed by atoms with Gasteiger partial charge in [-0.25, -0.2) is 4.98 Å². The number of aromatic nitrogens is 1. The Morgan fingerprint density at radius 1 is 1.23 bits per heavy atom. The summed E-state index contributed by atoms with van der Waals surface area (Å²) >= 11 is 0. The van der Waals surface area contributed by atoms with Crippen molar-refractivity contribution in [2.24, 2.45) is 0 Å². The van der Waals surface area contributed by atoms with E-state index in [9.17, 15) is 4.79 Å². The fraction of sp³-hybridized carbons (Fsp3) is 0.368. The maximum absolute atomic E-state index is 12.0. The number of para-hydroxylation sites is 2. The Morgan fingerprint density at radius 3 is 2.77 bits per heavy atom. The molecule has 3 rings (SSSR count). The van der Waals surface area contributed by atoms with E-state index in [1.54, 1.807) is 19.4 Å². The van der Waals surface area contributed by atoms with E-state index in [0.29, 0.717) is 18.8 Å². The number of carbonyl (C=O) groups excluding carboxylic acids is 1. The lowest BCUT2D eigenvalue weighted by Gasteiger charge is -2.30. The number of methoxy groups -OCH3 is 1. The highest BCUT2D eigenvalue weighted by Gasteiger charge is 2.14. The van der Waals surface area contributed by atoms with Crippen LogP contribution in [0.1, 0.15) is 10.5 Å². The molecular weight excluding hydrogens is 332 g/mol. The first-order chi connectivity index (χ1) is 12.8. The van der Waals surface area contributed by atoms with E-state index >= 15 is 0 Å². The zero-order valence-corrected chi connectivity index (χ0v) is 14.9. The van der Waals surface area contributed by atoms with Crippen molar-refractivity contribution in [3.8, 4) is 0 Å². The lowest BCUT2D eigenvalue weighted by molar-refractivity contribution is 0.0932. The Kier molecular flexibility index (Phi) is 6.40. The van der Waals surface area contributed by atoms with Crippen LogP contribution in [0.3, 0.4) is 0 Å². The molecule has 0 saturated carbocycles. The maximum atomic E-state index is 12.0. The predicted molar refractivity (Wildman–Crippen MR) is 101 cm³/mol. The molecule has 0 radical (unpaired) electrons. The number of pyridine rings is 1. The normalized spacial score (nSPS) is 14.1. The third-order valence-electron chi connectivity index (χ3n) is 4.12. The highest BCUT2D eigenvalue weighted by molar-refractivity contribution is 5.92. The summed E-state index contributed by atoms with van der Waals surface area (Å²) in [6.45, 7) is 4.16. The molecule has 2 aromatic rings. The predicted octanol–water partition coefficient (Wildman–Crippen LogP) is 2.04. The van der Waals surface area contributed by atoms with E-state index in [0.717, 1.165) is 43.4 Å². The van der Waals surface area contributed by atoms with E-state index in [1.165, 1.54) is 0 Å². The van der Waals surface area contributed by atoms with Crippen LogP contribution >= 0.6 is 0 Å². The summed E-state index contributed by atoms with van der Waals surface area (Å²) in [5.41, 5.74) is 3.36. The Bertz CT molecular complexity index is 715. The van der Waals surface area contributed by atoms with Crippen molar-refractivity contribution in [1.82, 2.24) is 10.3 Å². The van der Waals surface area contributed by atoms with Gasteiger partial charge < -0.3 is 25.0 Å². The summed E-state index contributed by atoms with van der Waals surface area (Å²) in [4.78, 5) is 18.5. The van der Waals surface area contributed by atoms with Crippen molar-refractivity contribution >= 4 is 23.0 Å². The summed E-state index contributed by atoms with van der Waals surface area (Å²) < 4.78 is 10.4. The molecule has 1 aliphatic rings. The van der Waals surface area contributed by atoms with Gasteiger partial charge in [-0.3, -0.25) is 4.79 Å². The number of hydrogen-bond acceptors (Lipinski definition) is 6. The van der Waals surface area contributed by atoms with Crippen LogP contribution in [0.25, 0.3) is 0 Å². The van der Waals surface area contributed by atoms with Gasteiger partial charge in [-0.2, -0.15) is 0 Å². The average molecular weight is 356 g/mol. The smallest absolute Gasteiger partial charge is 0.269 e. The molecular formula is C19H24N4O3. The van der Waals surface area contributed by atoms with Gasteiger partial charge in [0.05, 0.1) is 43.1 Å². The van der Waals surface area contributed by atoms with E-state index in [4.69, 9.17) is 9.47 Å². The van der Waals surface area contributed by atoms with Crippen LogP contribution in [0.5, 0.6) is 0 Å². The van der Waals surface area contributed by atoms with Gasteiger partial charge in [0.15, 0.2) is 0 Å². The molecule has 1 aromatic carbocycles. The average Bonchev–Trinajstić information content (AvgIpc) is 2.70. The van der Waals surface area contributed by atoms with E-state index in [1.807, 2.05) is 24.3 Å². The molecule has 0 aliphatic carbocycles. The first kappa shape index (κ1) is 18.2. The van der Waals surface area contributed by atoms with Crippen molar-refractivity contribution in [3.63, 3.8) is 0 Å². The molecule has 1 amide bonds. The molecule has 7 nitrogen and oxygen atoms in total. The van der Waals surface area contributed by atoms with Crippen molar-refractivity contribution in [2.75, 3.05) is 56.8 Å². The molecule has 26 heavy (non-hydrogen) atoms. The van der Waals surface area contributed by atoms with Crippen LogP contribution in [-0.4, -0.2) is 57.5 Å². The van der Waals surface area contributed by atoms with E-state index in [2.05, 4.69) is 26.6 Å². The van der Waals surface area contributed by atoms with Gasteiger partial charge in [0.2, 0.25) is 0 Å². The third kappa shape index (κ3) is 4.71. The minimum Gasteiger partial charge on any atom is -0.383 e. The van der Waals surface area contributed by atoms with Gasteiger partial charge in [0.25, 0.3) is 5.91 Å². The second-order valence-corrected chi connectivity index (χ2v) is 5.92. The first-order valence-corrected chi connectivity index (χ1v) is 8.70. The number of nitrogens with one attached hydrogen (secondary N) is 2. The number of benzene rings is 1. The van der Waals surface area contributed by atoms with Crippen molar-refractivity contribution in [3.05, 3.63) is 48.3 Å². The van der Waals surface area contributed by atoms with Crippen molar-refractivity contribution < 1.29 is 14.3 Å². The summed E-state index contributed by atoms with van der Waals surface area (Å²) in [7, 11) is 1.60. The van der Waals surface area contributed by atoms with Crippen molar-refractivity contribution in [1.29, 1.82) is 0 Å². The molecule has 0 atom stereocenters. The Balaban J connectivity index is 1.67. The van der Waals surface area contributed by atoms with Crippen LogP contribution < -0.4 is 15.5 Å². The first-order valence-electron chi connectivity index (χ1n) is 8.70. The molecule has 1 fully saturated rings. The van der Waals surface area contributed by atoms with Gasteiger partial charge in [-0.05, 0) is 24.3 Å². The number of rotatable bonds is 7. The quantitative estimate of drug-likeness (QED) is 0.740. The van der Waals surface area contributed by atoms with Gasteiger partial charge in [0.1, 0.15) is 5.69 Å². The summed E-state index contributed by atoms with van der Waals surface area (Å²) in [5.74, 6) is -0.206. The maximum Gasteiger partial charge on any atom is 0.269 e. The molecule has 138 valence electrons. The fourth-order valence-corrected chi connectivity index (χ4v) is 2.77. The summed E-state index contributed by atoms with van der Waals surface area (Å²) in [6, 6.07) is 11.7. The minimum atomic E-state index is -0.206. The molecule has 2 N–H and O–H groups in total. The number of carbonyl (C=O) groups is 1. The Labute approximate surface area is 153 Å². The second-order valence-electron chi connectivity index (χ2n) is 5.92. The molecule has 7 heteroatoms. The highest BCUT2D eigenvalue weighted by Crippen LogP contribution is 2.29. The fourth-order valence-electron chi connectivity index (χ4n) is 2.77. The SMILES string of the molecule is COCCNC(=O)c1ccc(Nc2ccccc2N2CCOCC2)cn1. The highest BCUT2D eigenvalue weighted by atomic mass is 16.5. The van der Waals surface area contributed by atoms with Crippen LogP contribution in [0.4, 0.5) is 17.1 Å². The monoisotopic (exact) mass is 356 g/mol. The van der Waals surface area contributed by atoms with Gasteiger partial charge in [-0.1, -0.05) is 12.1 Å². The number of morpholine rings is 1. The minimum absolute atomic E-state index is 0.206. The molecule has 1 aliphatic heterocycles. The number of hydrogen-bond donors (Lipinski definition) is 2. The summed E-state index contributed by atoms with van der Waals surface area (Å²) in [5, 5.41) is 6.15. The number of nitrogens with zero attached hydrogens (tertiary/aromatic N) is 2. The molecule has 1 saturated heterocycles. The number of ether oxygens (including phenoxy) is 2. The van der Waals surface area contributed by atoms with Crippen molar-refractivity contribution in [2.45, 2.75) is 0 Å². The zero-order valence-electron chi connectivity index (χ0n) is 14.9. The van der Waals surface area contributed by atoms with Gasteiger partial charge in [-0.15, -0.1) is 0 Å². The Hall–Kier alpha value is -2.64. The topological polar surface area (TPSA) is 75.7 Å². The van der Waals surface area contributed by atoms with Gasteiger partial charge >= 0.3 is 0 Å². The second kappa shape index (κ2) is 9.17. The van der Waals surface area contributed by atoms with E-state index in [-0.39, 0.29) is 5.91 Å². The van der Waals surface area contributed by atoms with Crippen LogP contribution in [0.15, 0.2) is 42.6 Å². The van der Waals surface area contributed by atoms with Gasteiger partial charge in [0, 0.05) is 26.7 Å².